The van der Waals surface area contributed by atoms with Gasteiger partial charge in [-0.2, -0.15) is 0 Å². The first-order valence-electron chi connectivity index (χ1n) is 8.12. The lowest BCUT2D eigenvalue weighted by Crippen LogP contribution is -2.26. The molecule has 5 heteroatoms. The van der Waals surface area contributed by atoms with Gasteiger partial charge in [0, 0.05) is 12.2 Å². The summed E-state index contributed by atoms with van der Waals surface area (Å²) in [5.74, 6) is 0. The minimum absolute atomic E-state index is 0.196. The van der Waals surface area contributed by atoms with Gasteiger partial charge in [-0.3, -0.25) is 0 Å². The molecule has 126 valence electrons. The lowest BCUT2D eigenvalue weighted by molar-refractivity contribution is 0.597. The van der Waals surface area contributed by atoms with E-state index in [1.807, 2.05) is 43.3 Å². The van der Waals surface area contributed by atoms with Crippen molar-refractivity contribution in [2.75, 3.05) is 11.4 Å². The van der Waals surface area contributed by atoms with Crippen LogP contribution >= 0.6 is 0 Å². The summed E-state index contributed by atoms with van der Waals surface area (Å²) in [7, 11) is -3.81. The van der Waals surface area contributed by atoms with E-state index < -0.39 is 10.0 Å². The van der Waals surface area contributed by atoms with E-state index in [1.165, 1.54) is 0 Å². The van der Waals surface area contributed by atoms with Crippen LogP contribution in [-0.2, 0) is 16.4 Å². The molecule has 0 radical (unpaired) electrons. The van der Waals surface area contributed by atoms with Crippen LogP contribution in [0.1, 0.15) is 30.0 Å². The van der Waals surface area contributed by atoms with Gasteiger partial charge in [0.15, 0.2) is 0 Å². The van der Waals surface area contributed by atoms with Gasteiger partial charge in [-0.15, -0.1) is 0 Å². The van der Waals surface area contributed by atoms with Crippen molar-refractivity contribution in [2.45, 2.75) is 31.6 Å². The van der Waals surface area contributed by atoms with Crippen molar-refractivity contribution in [1.29, 1.82) is 0 Å². The highest BCUT2D eigenvalue weighted by Crippen LogP contribution is 2.39. The number of nitrogens with zero attached hydrogens (tertiary/aromatic N) is 1. The highest BCUT2D eigenvalue weighted by atomic mass is 32.2. The third-order valence-corrected chi connectivity index (χ3v) is 5.31. The molecule has 2 aromatic rings. The molecule has 0 spiro atoms. The first-order chi connectivity index (χ1) is 11.4. The summed E-state index contributed by atoms with van der Waals surface area (Å²) in [6.07, 6.45) is 5.87. The lowest BCUT2D eigenvalue weighted by atomic mass is 9.99. The number of benzene rings is 2. The third kappa shape index (κ3) is 2.97. The molecule has 2 aromatic carbocycles. The largest absolute Gasteiger partial charge is 0.336 e. The Morgan fingerprint density at radius 3 is 2.62 bits per heavy atom. The minimum atomic E-state index is -3.81. The number of nitrogens with two attached hydrogens (primary N) is 1. The van der Waals surface area contributed by atoms with Crippen LogP contribution in [0.25, 0.3) is 6.08 Å². The van der Waals surface area contributed by atoms with Gasteiger partial charge in [0.05, 0.1) is 5.69 Å². The average Bonchev–Trinajstić information content (AvgIpc) is 2.55. The fourth-order valence-electron chi connectivity index (χ4n) is 3.28. The number of para-hydroxylation sites is 1. The molecule has 0 saturated carbocycles. The van der Waals surface area contributed by atoms with Gasteiger partial charge >= 0.3 is 0 Å². The number of fused-ring (bicyclic) bond motifs is 1. The summed E-state index contributed by atoms with van der Waals surface area (Å²) in [4.78, 5) is 2.26. The van der Waals surface area contributed by atoms with E-state index in [1.54, 1.807) is 6.07 Å². The maximum atomic E-state index is 12.2. The molecule has 0 amide bonds. The predicted octanol–water partition coefficient (Wildman–Crippen LogP) is 3.76. The van der Waals surface area contributed by atoms with E-state index in [0.29, 0.717) is 6.54 Å². The van der Waals surface area contributed by atoms with Crippen LogP contribution in [0.2, 0.25) is 0 Å². The monoisotopic (exact) mass is 342 g/mol. The van der Waals surface area contributed by atoms with Crippen molar-refractivity contribution in [2.24, 2.45) is 5.14 Å². The normalized spacial score (nSPS) is 13.9. The molecule has 0 unspecified atom stereocenters. The zero-order chi connectivity index (χ0) is 17.3. The SMILES string of the molecule is CCCc1c(C)ccc(S(N)(=O)=O)c1N1CC=Cc2ccccc21. The summed E-state index contributed by atoms with van der Waals surface area (Å²) in [5.41, 5.74) is 4.94. The Balaban J connectivity index is 2.30. The molecular formula is C19H22N2O2S. The molecule has 1 aliphatic heterocycles. The molecule has 2 N–H and O–H groups in total. The Kier molecular flexibility index (Phi) is 4.47. The molecule has 0 bridgehead atoms. The van der Waals surface area contributed by atoms with Crippen LogP contribution in [0.5, 0.6) is 0 Å². The number of hydrogen-bond acceptors (Lipinski definition) is 3. The first-order valence-corrected chi connectivity index (χ1v) is 9.66. The van der Waals surface area contributed by atoms with Crippen molar-refractivity contribution in [3.63, 3.8) is 0 Å². The van der Waals surface area contributed by atoms with Crippen molar-refractivity contribution in [1.82, 2.24) is 0 Å². The average molecular weight is 342 g/mol. The number of primary sulfonamides is 1. The van der Waals surface area contributed by atoms with Crippen molar-refractivity contribution >= 4 is 27.5 Å². The maximum absolute atomic E-state index is 12.2. The highest BCUT2D eigenvalue weighted by molar-refractivity contribution is 7.89. The smallest absolute Gasteiger partial charge is 0.240 e. The van der Waals surface area contributed by atoms with Crippen LogP contribution in [0.4, 0.5) is 11.4 Å². The molecule has 0 saturated heterocycles. The fraction of sp³-hybridized carbons (Fsp3) is 0.263. The van der Waals surface area contributed by atoms with E-state index in [2.05, 4.69) is 17.9 Å². The molecular weight excluding hydrogens is 320 g/mol. The van der Waals surface area contributed by atoms with Gasteiger partial charge in [-0.05, 0) is 42.2 Å². The molecule has 1 aliphatic rings. The van der Waals surface area contributed by atoms with E-state index >= 15 is 0 Å². The van der Waals surface area contributed by atoms with Crippen LogP contribution in [0, 0.1) is 6.92 Å². The van der Waals surface area contributed by atoms with Gasteiger partial charge in [0.2, 0.25) is 10.0 Å². The van der Waals surface area contributed by atoms with Crippen LogP contribution in [0.15, 0.2) is 47.4 Å². The Hall–Kier alpha value is -2.11. The molecule has 4 nitrogen and oxygen atoms in total. The van der Waals surface area contributed by atoms with Gasteiger partial charge < -0.3 is 4.90 Å². The summed E-state index contributed by atoms with van der Waals surface area (Å²) >= 11 is 0. The number of anilines is 2. The quantitative estimate of drug-likeness (QED) is 0.920. The van der Waals surface area contributed by atoms with E-state index in [4.69, 9.17) is 5.14 Å². The van der Waals surface area contributed by atoms with Gasteiger partial charge in [0.25, 0.3) is 0 Å². The summed E-state index contributed by atoms with van der Waals surface area (Å²) in [6.45, 7) is 4.74. The van der Waals surface area contributed by atoms with E-state index in [0.717, 1.165) is 40.9 Å². The second kappa shape index (κ2) is 6.42. The second-order valence-electron chi connectivity index (χ2n) is 6.07. The zero-order valence-corrected chi connectivity index (χ0v) is 14.8. The van der Waals surface area contributed by atoms with E-state index in [-0.39, 0.29) is 4.90 Å². The summed E-state index contributed by atoms with van der Waals surface area (Å²) in [6, 6.07) is 11.5. The summed E-state index contributed by atoms with van der Waals surface area (Å²) < 4.78 is 24.4. The topological polar surface area (TPSA) is 63.4 Å². The van der Waals surface area contributed by atoms with Gasteiger partial charge in [0.1, 0.15) is 4.90 Å². The molecule has 3 rings (SSSR count). The predicted molar refractivity (Wildman–Crippen MR) is 99.0 cm³/mol. The van der Waals surface area contributed by atoms with Gasteiger partial charge in [-0.1, -0.05) is 49.8 Å². The van der Waals surface area contributed by atoms with E-state index in [9.17, 15) is 8.42 Å². The van der Waals surface area contributed by atoms with Crippen LogP contribution in [-0.4, -0.2) is 15.0 Å². The van der Waals surface area contributed by atoms with Crippen molar-refractivity contribution in [3.8, 4) is 0 Å². The first kappa shape index (κ1) is 16.7. The van der Waals surface area contributed by atoms with Gasteiger partial charge in [-0.25, -0.2) is 13.6 Å². The van der Waals surface area contributed by atoms with Crippen LogP contribution in [0.3, 0.4) is 0 Å². The molecule has 0 fully saturated rings. The molecule has 0 aromatic heterocycles. The third-order valence-electron chi connectivity index (χ3n) is 4.37. The Morgan fingerprint density at radius 2 is 1.92 bits per heavy atom. The van der Waals surface area contributed by atoms with Crippen LogP contribution < -0.4 is 10.0 Å². The number of hydrogen-bond donors (Lipinski definition) is 1. The fourth-order valence-corrected chi connectivity index (χ4v) is 4.04. The van der Waals surface area contributed by atoms with Crippen molar-refractivity contribution in [3.05, 3.63) is 59.2 Å². The number of rotatable bonds is 4. The highest BCUT2D eigenvalue weighted by Gasteiger charge is 2.25. The number of sulfonamides is 1. The lowest BCUT2D eigenvalue weighted by Gasteiger charge is -2.32. The molecule has 1 heterocycles. The molecule has 24 heavy (non-hydrogen) atoms. The molecule has 0 aliphatic carbocycles. The molecule has 0 atom stereocenters. The Labute approximate surface area is 143 Å². The Bertz CT molecular complexity index is 902. The Morgan fingerprint density at radius 1 is 1.17 bits per heavy atom. The second-order valence-corrected chi connectivity index (χ2v) is 7.60. The number of aryl methyl sites for hydroxylation is 1. The van der Waals surface area contributed by atoms with Crippen molar-refractivity contribution < 1.29 is 8.42 Å². The zero-order valence-electron chi connectivity index (χ0n) is 14.0. The standard InChI is InChI=1S/C19H22N2O2S/c1-3-7-16-14(2)11-12-18(24(20,22)23)19(16)21-13-6-9-15-8-4-5-10-17(15)21/h4-6,8-12H,3,7,13H2,1-2H3,(H2,20,22,23). The summed E-state index contributed by atoms with van der Waals surface area (Å²) in [5, 5.41) is 5.53. The maximum Gasteiger partial charge on any atom is 0.240 e. The minimum Gasteiger partial charge on any atom is -0.336 e.